The maximum Gasteiger partial charge on any atom is 0.338 e. The van der Waals surface area contributed by atoms with E-state index in [1.54, 1.807) is 0 Å². The van der Waals surface area contributed by atoms with Gasteiger partial charge in [-0.15, -0.1) is 0 Å². The van der Waals surface area contributed by atoms with Crippen LogP contribution in [-0.4, -0.2) is 18.5 Å². The first-order valence-electron chi connectivity index (χ1n) is 6.45. The highest BCUT2D eigenvalue weighted by Gasteiger charge is 2.10. The SMILES string of the molecule is C=Cc1ccc(OCCCC)cc1.O=C1C=CC(=O)O1. The van der Waals surface area contributed by atoms with E-state index in [4.69, 9.17) is 4.74 Å². The van der Waals surface area contributed by atoms with E-state index in [1.165, 1.54) is 6.42 Å². The average molecular weight is 274 g/mol. The van der Waals surface area contributed by atoms with Gasteiger partial charge in [-0.05, 0) is 24.1 Å². The molecule has 1 aromatic rings. The van der Waals surface area contributed by atoms with Crippen molar-refractivity contribution in [1.82, 2.24) is 0 Å². The number of ether oxygens (including phenoxy) is 2. The predicted octanol–water partition coefficient (Wildman–Crippen LogP) is 3.13. The molecule has 0 fully saturated rings. The monoisotopic (exact) mass is 274 g/mol. The first-order chi connectivity index (χ1) is 9.65. The van der Waals surface area contributed by atoms with Gasteiger partial charge in [-0.2, -0.15) is 0 Å². The second-order valence-electron chi connectivity index (χ2n) is 4.05. The highest BCUT2D eigenvalue weighted by molar-refractivity contribution is 6.04. The summed E-state index contributed by atoms with van der Waals surface area (Å²) < 4.78 is 9.48. The Balaban J connectivity index is 0.000000240. The average Bonchev–Trinajstić information content (AvgIpc) is 2.84. The molecule has 0 unspecified atom stereocenters. The van der Waals surface area contributed by atoms with E-state index in [0.717, 1.165) is 36.5 Å². The Hall–Kier alpha value is -2.36. The third kappa shape index (κ3) is 6.00. The summed E-state index contributed by atoms with van der Waals surface area (Å²) in [7, 11) is 0. The fraction of sp³-hybridized carbons (Fsp3) is 0.250. The molecule has 1 aliphatic heterocycles. The summed E-state index contributed by atoms with van der Waals surface area (Å²) in [6, 6.07) is 7.97. The minimum absolute atomic E-state index is 0.579. The first-order valence-corrected chi connectivity index (χ1v) is 6.45. The van der Waals surface area contributed by atoms with Gasteiger partial charge in [0.05, 0.1) is 6.61 Å². The van der Waals surface area contributed by atoms with E-state index in [9.17, 15) is 9.59 Å². The van der Waals surface area contributed by atoms with Crippen molar-refractivity contribution in [2.45, 2.75) is 19.8 Å². The van der Waals surface area contributed by atoms with E-state index in [0.29, 0.717) is 0 Å². The Morgan fingerprint density at radius 1 is 1.15 bits per heavy atom. The van der Waals surface area contributed by atoms with Crippen molar-refractivity contribution >= 4 is 18.0 Å². The Morgan fingerprint density at radius 2 is 1.75 bits per heavy atom. The molecule has 0 saturated heterocycles. The van der Waals surface area contributed by atoms with Crippen LogP contribution in [0.5, 0.6) is 5.75 Å². The maximum atomic E-state index is 9.92. The molecule has 1 aromatic carbocycles. The van der Waals surface area contributed by atoms with Gasteiger partial charge in [0.1, 0.15) is 5.75 Å². The number of rotatable bonds is 5. The maximum absolute atomic E-state index is 9.92. The Morgan fingerprint density at radius 3 is 2.15 bits per heavy atom. The quantitative estimate of drug-likeness (QED) is 0.470. The van der Waals surface area contributed by atoms with Crippen molar-refractivity contribution in [3.8, 4) is 5.75 Å². The zero-order valence-corrected chi connectivity index (χ0v) is 11.5. The lowest BCUT2D eigenvalue weighted by Crippen LogP contribution is -1.96. The van der Waals surface area contributed by atoms with E-state index in [2.05, 4.69) is 18.2 Å². The number of cyclic esters (lactones) is 2. The standard InChI is InChI=1S/C12H16O.C4H2O3/c1-3-5-10-13-12-8-6-11(4-2)7-9-12;5-3-1-2-4(6)7-3/h4,6-9H,2-3,5,10H2,1H3;1-2H. The Kier molecular flexibility index (Phi) is 6.82. The number of unbranched alkanes of at least 4 members (excludes halogenated alkanes) is 1. The predicted molar refractivity (Wildman–Crippen MR) is 77.2 cm³/mol. The summed E-state index contributed by atoms with van der Waals surface area (Å²) in [6.45, 7) is 6.66. The second kappa shape index (κ2) is 8.69. The molecule has 1 aliphatic rings. The molecule has 0 saturated carbocycles. The van der Waals surface area contributed by atoms with Crippen molar-refractivity contribution in [3.63, 3.8) is 0 Å². The topological polar surface area (TPSA) is 52.6 Å². The molecule has 4 heteroatoms. The Bertz CT molecular complexity index is 470. The van der Waals surface area contributed by atoms with E-state index < -0.39 is 11.9 Å². The lowest BCUT2D eigenvalue weighted by Gasteiger charge is -2.04. The van der Waals surface area contributed by atoms with Crippen LogP contribution < -0.4 is 4.74 Å². The summed E-state index contributed by atoms with van der Waals surface area (Å²) in [6.07, 6.45) is 6.29. The highest BCUT2D eigenvalue weighted by Crippen LogP contribution is 2.12. The van der Waals surface area contributed by atoms with Crippen LogP contribution in [0.15, 0.2) is 43.0 Å². The van der Waals surface area contributed by atoms with Crippen LogP contribution in [0.2, 0.25) is 0 Å². The molecule has 1 heterocycles. The number of hydrogen-bond acceptors (Lipinski definition) is 4. The molecule has 0 radical (unpaired) electrons. The van der Waals surface area contributed by atoms with Crippen LogP contribution in [0, 0.1) is 0 Å². The summed E-state index contributed by atoms with van der Waals surface area (Å²) in [4.78, 5) is 19.8. The molecule has 2 rings (SSSR count). The number of hydrogen-bond donors (Lipinski definition) is 0. The van der Waals surface area contributed by atoms with Gasteiger partial charge in [-0.25, -0.2) is 9.59 Å². The van der Waals surface area contributed by atoms with Crippen LogP contribution in [0.1, 0.15) is 25.3 Å². The molecule has 0 N–H and O–H groups in total. The molecule has 0 amide bonds. The third-order valence-corrected chi connectivity index (χ3v) is 2.44. The second-order valence-corrected chi connectivity index (χ2v) is 4.05. The van der Waals surface area contributed by atoms with Crippen LogP contribution in [0.4, 0.5) is 0 Å². The highest BCUT2D eigenvalue weighted by atomic mass is 16.6. The van der Waals surface area contributed by atoms with Gasteiger partial charge >= 0.3 is 11.9 Å². The normalized spacial score (nSPS) is 12.4. The number of carbonyl (C=O) groups is 2. The molecule has 0 aromatic heterocycles. The van der Waals surface area contributed by atoms with E-state index in [-0.39, 0.29) is 0 Å². The van der Waals surface area contributed by atoms with Gasteiger partial charge in [0.25, 0.3) is 0 Å². The smallest absolute Gasteiger partial charge is 0.338 e. The third-order valence-electron chi connectivity index (χ3n) is 2.44. The van der Waals surface area contributed by atoms with Crippen molar-refractivity contribution in [3.05, 3.63) is 48.6 Å². The first kappa shape index (κ1) is 15.7. The van der Waals surface area contributed by atoms with Crippen molar-refractivity contribution in [2.24, 2.45) is 0 Å². The molecule has 0 bridgehead atoms. The van der Waals surface area contributed by atoms with Gasteiger partial charge in [0.15, 0.2) is 0 Å². The van der Waals surface area contributed by atoms with Gasteiger partial charge < -0.3 is 9.47 Å². The summed E-state index contributed by atoms with van der Waals surface area (Å²) in [5.74, 6) is -0.214. The van der Waals surface area contributed by atoms with Crippen LogP contribution in [0.25, 0.3) is 6.08 Å². The van der Waals surface area contributed by atoms with Crippen molar-refractivity contribution < 1.29 is 19.1 Å². The van der Waals surface area contributed by atoms with E-state index >= 15 is 0 Å². The number of carbonyl (C=O) groups excluding carboxylic acids is 2. The number of benzene rings is 1. The van der Waals surface area contributed by atoms with Gasteiger partial charge in [-0.3, -0.25) is 0 Å². The zero-order valence-electron chi connectivity index (χ0n) is 11.5. The molecule has 106 valence electrons. The minimum Gasteiger partial charge on any atom is -0.494 e. The van der Waals surface area contributed by atoms with Crippen molar-refractivity contribution in [1.29, 1.82) is 0 Å². The molecule has 0 spiro atoms. The van der Waals surface area contributed by atoms with Crippen LogP contribution >= 0.6 is 0 Å². The van der Waals surface area contributed by atoms with E-state index in [1.807, 2.05) is 30.3 Å². The molecule has 0 atom stereocenters. The van der Waals surface area contributed by atoms with Crippen LogP contribution in [-0.2, 0) is 14.3 Å². The summed E-state index contributed by atoms with van der Waals surface area (Å²) >= 11 is 0. The van der Waals surface area contributed by atoms with Crippen LogP contribution in [0.3, 0.4) is 0 Å². The van der Waals surface area contributed by atoms with Gasteiger partial charge in [0.2, 0.25) is 0 Å². The lowest BCUT2D eigenvalue weighted by atomic mass is 10.2. The zero-order chi connectivity index (χ0) is 14.8. The fourth-order valence-corrected chi connectivity index (χ4v) is 1.34. The largest absolute Gasteiger partial charge is 0.494 e. The summed E-state index contributed by atoms with van der Waals surface area (Å²) in [5.41, 5.74) is 1.13. The molecule has 20 heavy (non-hydrogen) atoms. The molecule has 0 aliphatic carbocycles. The number of esters is 2. The Labute approximate surface area is 118 Å². The minimum atomic E-state index is -0.579. The van der Waals surface area contributed by atoms with Gasteiger partial charge in [-0.1, -0.05) is 38.1 Å². The summed E-state index contributed by atoms with van der Waals surface area (Å²) in [5, 5.41) is 0. The fourth-order valence-electron chi connectivity index (χ4n) is 1.34. The van der Waals surface area contributed by atoms with Crippen molar-refractivity contribution in [2.75, 3.05) is 6.61 Å². The molecule has 4 nitrogen and oxygen atoms in total. The van der Waals surface area contributed by atoms with Gasteiger partial charge in [0, 0.05) is 12.2 Å². The molecular formula is C16H18O4. The molecular weight excluding hydrogens is 256 g/mol. The lowest BCUT2D eigenvalue weighted by molar-refractivity contribution is -0.150.